The molecule has 0 radical (unpaired) electrons. The molecule has 2 aromatic carbocycles. The minimum absolute atomic E-state index is 0.0299. The van der Waals surface area contributed by atoms with Gasteiger partial charge in [0.2, 0.25) is 0 Å². The van der Waals surface area contributed by atoms with Gasteiger partial charge in [0.1, 0.15) is 0 Å². The van der Waals surface area contributed by atoms with E-state index in [0.29, 0.717) is 4.90 Å². The highest BCUT2D eigenvalue weighted by atomic mass is 32.2. The smallest absolute Gasteiger partial charge is 0.339 e. The Morgan fingerprint density at radius 1 is 1.21 bits per heavy atom. The Balaban J connectivity index is 2.07. The van der Waals surface area contributed by atoms with E-state index in [1.165, 1.54) is 36.9 Å². The van der Waals surface area contributed by atoms with Crippen LogP contribution < -0.4 is 5.32 Å². The molecule has 0 aliphatic heterocycles. The lowest BCUT2D eigenvalue weighted by molar-refractivity contribution is -0.387. The van der Waals surface area contributed by atoms with Gasteiger partial charge in [-0.05, 0) is 37.3 Å². The molecule has 0 spiro atoms. The number of nitro benzene ring substituents is 1. The van der Waals surface area contributed by atoms with E-state index in [0.717, 1.165) is 18.4 Å². The molecule has 0 aliphatic rings. The number of carbonyl (C=O) groups is 2. The van der Waals surface area contributed by atoms with Crippen LogP contribution in [0, 0.1) is 10.1 Å². The molecule has 1 amide bonds. The zero-order valence-electron chi connectivity index (χ0n) is 16.6. The number of ether oxygens (including phenoxy) is 1. The van der Waals surface area contributed by atoms with Crippen molar-refractivity contribution in [3.63, 3.8) is 0 Å². The molecule has 29 heavy (non-hydrogen) atoms. The number of rotatable bonds is 9. The first-order valence-corrected chi connectivity index (χ1v) is 10.5. The van der Waals surface area contributed by atoms with E-state index < -0.39 is 22.9 Å². The molecule has 154 valence electrons. The highest BCUT2D eigenvalue weighted by molar-refractivity contribution is 7.98. The molecule has 0 aliphatic carbocycles. The van der Waals surface area contributed by atoms with Gasteiger partial charge in [-0.25, -0.2) is 4.79 Å². The van der Waals surface area contributed by atoms with Crippen molar-refractivity contribution in [3.8, 4) is 0 Å². The maximum absolute atomic E-state index is 12.5. The first-order valence-electron chi connectivity index (χ1n) is 9.26. The second-order valence-electron chi connectivity index (χ2n) is 6.45. The number of nitrogens with one attached hydrogen (secondary N) is 1. The number of carbonyl (C=O) groups excluding carboxylic acids is 2. The van der Waals surface area contributed by atoms with Gasteiger partial charge in [-0.1, -0.05) is 43.7 Å². The molecular weight excluding hydrogens is 392 g/mol. The lowest BCUT2D eigenvalue weighted by atomic mass is 10.0. The van der Waals surface area contributed by atoms with Gasteiger partial charge in [-0.3, -0.25) is 14.9 Å². The molecule has 8 heteroatoms. The summed E-state index contributed by atoms with van der Waals surface area (Å²) in [5.41, 5.74) is 0.836. The summed E-state index contributed by atoms with van der Waals surface area (Å²) >= 11 is 1.21. The van der Waals surface area contributed by atoms with Gasteiger partial charge in [0.25, 0.3) is 11.6 Å². The number of thioether (sulfide) groups is 1. The fraction of sp³-hybridized carbons (Fsp3) is 0.333. The summed E-state index contributed by atoms with van der Waals surface area (Å²) in [5.74, 6) is -1.20. The van der Waals surface area contributed by atoms with Crippen molar-refractivity contribution < 1.29 is 19.2 Å². The van der Waals surface area contributed by atoms with Crippen molar-refractivity contribution >= 4 is 29.3 Å². The van der Waals surface area contributed by atoms with Gasteiger partial charge >= 0.3 is 5.97 Å². The van der Waals surface area contributed by atoms with Crippen LogP contribution in [0.2, 0.25) is 0 Å². The van der Waals surface area contributed by atoms with Gasteiger partial charge in [-0.2, -0.15) is 0 Å². The average molecular weight is 416 g/mol. The Morgan fingerprint density at radius 3 is 2.48 bits per heavy atom. The molecule has 0 aromatic heterocycles. The van der Waals surface area contributed by atoms with E-state index >= 15 is 0 Å². The number of benzene rings is 2. The highest BCUT2D eigenvalue weighted by Crippen LogP contribution is 2.28. The molecule has 2 aromatic rings. The van der Waals surface area contributed by atoms with Crippen LogP contribution in [0.1, 0.15) is 48.7 Å². The first-order chi connectivity index (χ1) is 13.9. The number of amides is 1. The maximum atomic E-state index is 12.5. The van der Waals surface area contributed by atoms with E-state index in [4.69, 9.17) is 4.74 Å². The predicted octanol–water partition coefficient (Wildman–Crippen LogP) is 4.52. The van der Waals surface area contributed by atoms with E-state index in [-0.39, 0.29) is 17.3 Å². The predicted molar refractivity (Wildman–Crippen MR) is 112 cm³/mol. The van der Waals surface area contributed by atoms with Crippen LogP contribution in [0.25, 0.3) is 0 Å². The molecule has 0 heterocycles. The SMILES string of the molecule is CCC[C@@H](NC(=O)[C@H](C)OC(=O)c1ccc(SC)c([N+](=O)[O-])c1)c1ccccc1. The van der Waals surface area contributed by atoms with Crippen molar-refractivity contribution in [2.75, 3.05) is 6.26 Å². The number of hydrogen-bond donors (Lipinski definition) is 1. The van der Waals surface area contributed by atoms with E-state index in [1.807, 2.05) is 37.3 Å². The lowest BCUT2D eigenvalue weighted by Gasteiger charge is -2.21. The van der Waals surface area contributed by atoms with Crippen LogP contribution in [-0.4, -0.2) is 29.2 Å². The van der Waals surface area contributed by atoms with Crippen LogP contribution in [-0.2, 0) is 9.53 Å². The molecule has 2 rings (SSSR count). The third-order valence-corrected chi connectivity index (χ3v) is 5.15. The number of nitrogens with zero attached hydrogens (tertiary/aromatic N) is 1. The van der Waals surface area contributed by atoms with Crippen molar-refractivity contribution in [3.05, 3.63) is 69.8 Å². The third kappa shape index (κ3) is 6.05. The number of hydrogen-bond acceptors (Lipinski definition) is 6. The second-order valence-corrected chi connectivity index (χ2v) is 7.30. The summed E-state index contributed by atoms with van der Waals surface area (Å²) in [6, 6.07) is 13.5. The molecule has 0 saturated heterocycles. The summed E-state index contributed by atoms with van der Waals surface area (Å²) in [6.45, 7) is 3.50. The summed E-state index contributed by atoms with van der Waals surface area (Å²) in [5, 5.41) is 14.1. The molecular formula is C21H24N2O5S. The molecule has 0 bridgehead atoms. The van der Waals surface area contributed by atoms with Crippen molar-refractivity contribution in [1.29, 1.82) is 0 Å². The average Bonchev–Trinajstić information content (AvgIpc) is 2.73. The number of nitro groups is 1. The molecule has 2 atom stereocenters. The minimum atomic E-state index is -1.04. The summed E-state index contributed by atoms with van der Waals surface area (Å²) in [6.07, 6.45) is 2.30. The van der Waals surface area contributed by atoms with Crippen LogP contribution in [0.3, 0.4) is 0 Å². The third-order valence-electron chi connectivity index (χ3n) is 4.36. The summed E-state index contributed by atoms with van der Waals surface area (Å²) in [4.78, 5) is 36.0. The molecule has 0 saturated carbocycles. The minimum Gasteiger partial charge on any atom is -0.449 e. The lowest BCUT2D eigenvalue weighted by Crippen LogP contribution is -2.38. The monoisotopic (exact) mass is 416 g/mol. The second kappa shape index (κ2) is 10.6. The number of esters is 1. The van der Waals surface area contributed by atoms with Gasteiger partial charge in [0, 0.05) is 6.07 Å². The van der Waals surface area contributed by atoms with Crippen molar-refractivity contribution in [2.24, 2.45) is 0 Å². The Bertz CT molecular complexity index is 873. The fourth-order valence-electron chi connectivity index (χ4n) is 2.83. The van der Waals surface area contributed by atoms with Crippen molar-refractivity contribution in [1.82, 2.24) is 5.32 Å². The Hall–Kier alpha value is -2.87. The molecule has 1 N–H and O–H groups in total. The zero-order chi connectivity index (χ0) is 21.4. The van der Waals surface area contributed by atoms with Gasteiger partial charge in [-0.15, -0.1) is 11.8 Å². The van der Waals surface area contributed by atoms with Crippen LogP contribution >= 0.6 is 11.8 Å². The Kier molecular flexibility index (Phi) is 8.21. The van der Waals surface area contributed by atoms with E-state index in [2.05, 4.69) is 5.32 Å². The maximum Gasteiger partial charge on any atom is 0.339 e. The van der Waals surface area contributed by atoms with Crippen LogP contribution in [0.5, 0.6) is 0 Å². The fourth-order valence-corrected chi connectivity index (χ4v) is 3.37. The standard InChI is InChI=1S/C21H24N2O5S/c1-4-8-17(15-9-6-5-7-10-15)22-20(24)14(2)28-21(25)16-11-12-19(29-3)18(13-16)23(26)27/h5-7,9-14,17H,4,8H2,1-3H3,(H,22,24)/t14-,17+/m0/s1. The summed E-state index contributed by atoms with van der Waals surface area (Å²) < 4.78 is 5.24. The normalized spacial score (nSPS) is 12.7. The Labute approximate surface area is 174 Å². The van der Waals surface area contributed by atoms with E-state index in [1.54, 1.807) is 6.26 Å². The Morgan fingerprint density at radius 2 is 1.90 bits per heavy atom. The van der Waals surface area contributed by atoms with Crippen molar-refractivity contribution in [2.45, 2.75) is 43.7 Å². The largest absolute Gasteiger partial charge is 0.449 e. The summed E-state index contributed by atoms with van der Waals surface area (Å²) in [7, 11) is 0. The quantitative estimate of drug-likeness (QED) is 0.279. The first kappa shape index (κ1) is 22.4. The molecule has 0 fully saturated rings. The van der Waals surface area contributed by atoms with E-state index in [9.17, 15) is 19.7 Å². The highest BCUT2D eigenvalue weighted by Gasteiger charge is 2.24. The van der Waals surface area contributed by atoms with Gasteiger partial charge in [0.15, 0.2) is 6.10 Å². The topological polar surface area (TPSA) is 98.5 Å². The van der Waals surface area contributed by atoms with Crippen LogP contribution in [0.15, 0.2) is 53.4 Å². The van der Waals surface area contributed by atoms with Crippen LogP contribution in [0.4, 0.5) is 5.69 Å². The molecule has 0 unspecified atom stereocenters. The molecule has 7 nitrogen and oxygen atoms in total. The van der Waals surface area contributed by atoms with Gasteiger partial charge in [0.05, 0.1) is 21.4 Å². The zero-order valence-corrected chi connectivity index (χ0v) is 17.4. The van der Waals surface area contributed by atoms with Gasteiger partial charge < -0.3 is 10.1 Å².